The molecule has 0 aliphatic rings. The third-order valence-corrected chi connectivity index (χ3v) is 3.03. The van der Waals surface area contributed by atoms with Crippen LogP contribution in [0.2, 0.25) is 0 Å². The lowest BCUT2D eigenvalue weighted by molar-refractivity contribution is 0.778. The largest absolute Gasteiger partial charge is 0.384 e. The van der Waals surface area contributed by atoms with Gasteiger partial charge in [-0.1, -0.05) is 13.8 Å². The third-order valence-electron chi connectivity index (χ3n) is 3.03. The molecule has 0 atom stereocenters. The van der Waals surface area contributed by atoms with Gasteiger partial charge in [0.1, 0.15) is 5.84 Å². The second-order valence-electron chi connectivity index (χ2n) is 4.41. The summed E-state index contributed by atoms with van der Waals surface area (Å²) in [6.45, 7) is 6.00. The summed E-state index contributed by atoms with van der Waals surface area (Å²) < 4.78 is 1.62. The van der Waals surface area contributed by atoms with Gasteiger partial charge in [-0.2, -0.15) is 10.2 Å². The molecule has 0 aliphatic heterocycles. The zero-order valence-corrected chi connectivity index (χ0v) is 11.4. The zero-order valence-electron chi connectivity index (χ0n) is 11.4. The maximum absolute atomic E-state index is 7.82. The van der Waals surface area contributed by atoms with E-state index in [1.165, 1.54) is 0 Å². The first-order valence-electron chi connectivity index (χ1n) is 6.32. The summed E-state index contributed by atoms with van der Waals surface area (Å²) in [6, 6.07) is 0. The third kappa shape index (κ3) is 2.33. The van der Waals surface area contributed by atoms with E-state index >= 15 is 0 Å². The fraction of sp³-hybridized carbons (Fsp3) is 0.385. The first-order chi connectivity index (χ1) is 9.08. The van der Waals surface area contributed by atoms with Crippen molar-refractivity contribution in [3.63, 3.8) is 0 Å². The number of amidine groups is 1. The second kappa shape index (κ2) is 5.17. The fourth-order valence-corrected chi connectivity index (χ4v) is 2.13. The van der Waals surface area contributed by atoms with Gasteiger partial charge in [0.05, 0.1) is 17.5 Å². The number of hydrogen-bond acceptors (Lipinski definition) is 4. The minimum Gasteiger partial charge on any atom is -0.384 e. The van der Waals surface area contributed by atoms with Crippen LogP contribution in [0.25, 0.3) is 5.82 Å². The number of aryl methyl sites for hydroxylation is 2. The van der Waals surface area contributed by atoms with Crippen molar-refractivity contribution in [2.75, 3.05) is 0 Å². The molecule has 2 heterocycles. The average Bonchev–Trinajstić information content (AvgIpc) is 2.83. The van der Waals surface area contributed by atoms with E-state index in [0.717, 1.165) is 29.7 Å². The molecule has 0 saturated heterocycles. The van der Waals surface area contributed by atoms with Gasteiger partial charge >= 0.3 is 0 Å². The standard InChI is InChI=1S/C13H18N6/c1-4-9-10(5-2)17-18-13(11(9)12(14)15)19-7-8(3)6-16-19/h6-7H,4-5H2,1-3H3,(H3,14,15). The smallest absolute Gasteiger partial charge is 0.186 e. The van der Waals surface area contributed by atoms with E-state index in [0.29, 0.717) is 11.4 Å². The Kier molecular flexibility index (Phi) is 3.59. The lowest BCUT2D eigenvalue weighted by Gasteiger charge is -2.13. The monoisotopic (exact) mass is 258 g/mol. The molecule has 19 heavy (non-hydrogen) atoms. The number of nitrogens with two attached hydrogens (primary N) is 1. The van der Waals surface area contributed by atoms with Gasteiger partial charge in [-0.3, -0.25) is 5.41 Å². The Morgan fingerprint density at radius 3 is 2.53 bits per heavy atom. The van der Waals surface area contributed by atoms with Gasteiger partial charge in [0.25, 0.3) is 0 Å². The van der Waals surface area contributed by atoms with Crippen molar-refractivity contribution in [3.8, 4) is 5.82 Å². The topological polar surface area (TPSA) is 93.5 Å². The van der Waals surface area contributed by atoms with Crippen molar-refractivity contribution >= 4 is 5.84 Å². The minimum atomic E-state index is 0.00426. The van der Waals surface area contributed by atoms with Crippen LogP contribution in [-0.4, -0.2) is 25.8 Å². The summed E-state index contributed by atoms with van der Waals surface area (Å²) in [5, 5.41) is 20.5. The van der Waals surface area contributed by atoms with Crippen LogP contribution in [-0.2, 0) is 12.8 Å². The average molecular weight is 258 g/mol. The lowest BCUT2D eigenvalue weighted by atomic mass is 10.0. The maximum atomic E-state index is 7.82. The van der Waals surface area contributed by atoms with Crippen molar-refractivity contribution in [2.45, 2.75) is 33.6 Å². The van der Waals surface area contributed by atoms with Crippen molar-refractivity contribution < 1.29 is 0 Å². The van der Waals surface area contributed by atoms with Gasteiger partial charge in [0, 0.05) is 6.20 Å². The molecule has 0 unspecified atom stereocenters. The van der Waals surface area contributed by atoms with Crippen LogP contribution in [0, 0.1) is 12.3 Å². The van der Waals surface area contributed by atoms with Crippen LogP contribution in [0.3, 0.4) is 0 Å². The molecule has 0 radical (unpaired) electrons. The molecular weight excluding hydrogens is 240 g/mol. The Labute approximate surface area is 112 Å². The fourth-order valence-electron chi connectivity index (χ4n) is 2.13. The summed E-state index contributed by atoms with van der Waals surface area (Å²) in [6.07, 6.45) is 5.13. The summed E-state index contributed by atoms with van der Waals surface area (Å²) in [4.78, 5) is 0. The van der Waals surface area contributed by atoms with E-state index in [1.807, 2.05) is 27.0 Å². The molecule has 0 bridgehead atoms. The van der Waals surface area contributed by atoms with Crippen molar-refractivity contribution in [3.05, 3.63) is 34.8 Å². The summed E-state index contributed by atoms with van der Waals surface area (Å²) in [5.41, 5.74) is 9.26. The number of hydrogen-bond donors (Lipinski definition) is 2. The first kappa shape index (κ1) is 13.2. The van der Waals surface area contributed by atoms with Crippen molar-refractivity contribution in [2.24, 2.45) is 5.73 Å². The minimum absolute atomic E-state index is 0.00426. The van der Waals surface area contributed by atoms with Crippen LogP contribution in [0.4, 0.5) is 0 Å². The molecule has 6 nitrogen and oxygen atoms in total. The Balaban J connectivity index is 2.71. The quantitative estimate of drug-likeness (QED) is 0.640. The Morgan fingerprint density at radius 1 is 1.32 bits per heavy atom. The van der Waals surface area contributed by atoms with Crippen LogP contribution in [0.15, 0.2) is 12.4 Å². The molecule has 2 aromatic rings. The van der Waals surface area contributed by atoms with E-state index in [4.69, 9.17) is 11.1 Å². The SMILES string of the molecule is CCc1nnc(-n2cc(C)cn2)c(C(=N)N)c1CC. The Morgan fingerprint density at radius 2 is 2.05 bits per heavy atom. The molecule has 100 valence electrons. The van der Waals surface area contributed by atoms with Gasteiger partial charge in [0.15, 0.2) is 5.82 Å². The molecule has 0 aliphatic carbocycles. The van der Waals surface area contributed by atoms with Gasteiger partial charge in [-0.25, -0.2) is 4.68 Å². The molecule has 2 aromatic heterocycles. The zero-order chi connectivity index (χ0) is 14.0. The highest BCUT2D eigenvalue weighted by Gasteiger charge is 2.18. The summed E-state index contributed by atoms with van der Waals surface area (Å²) in [7, 11) is 0. The molecule has 3 N–H and O–H groups in total. The number of nitrogen functional groups attached to an aromatic ring is 1. The normalized spacial score (nSPS) is 10.7. The maximum Gasteiger partial charge on any atom is 0.186 e. The van der Waals surface area contributed by atoms with Crippen LogP contribution in [0.5, 0.6) is 0 Å². The summed E-state index contributed by atoms with van der Waals surface area (Å²) in [5.74, 6) is 0.527. The molecule has 0 amide bonds. The number of aromatic nitrogens is 4. The van der Waals surface area contributed by atoms with Crippen LogP contribution >= 0.6 is 0 Å². The number of nitrogens with zero attached hydrogens (tertiary/aromatic N) is 4. The molecular formula is C13H18N6. The van der Waals surface area contributed by atoms with E-state index in [-0.39, 0.29) is 5.84 Å². The van der Waals surface area contributed by atoms with Gasteiger partial charge in [-0.15, -0.1) is 5.10 Å². The van der Waals surface area contributed by atoms with E-state index in [2.05, 4.69) is 15.3 Å². The summed E-state index contributed by atoms with van der Waals surface area (Å²) >= 11 is 0. The van der Waals surface area contributed by atoms with Gasteiger partial charge in [-0.05, 0) is 30.9 Å². The molecule has 6 heteroatoms. The van der Waals surface area contributed by atoms with E-state index in [1.54, 1.807) is 10.9 Å². The molecule has 0 fully saturated rings. The van der Waals surface area contributed by atoms with Crippen LogP contribution in [0.1, 0.15) is 36.2 Å². The molecule has 0 spiro atoms. The lowest BCUT2D eigenvalue weighted by Crippen LogP contribution is -2.21. The van der Waals surface area contributed by atoms with Crippen molar-refractivity contribution in [1.82, 2.24) is 20.0 Å². The molecule has 2 rings (SSSR count). The van der Waals surface area contributed by atoms with Gasteiger partial charge < -0.3 is 5.73 Å². The highest BCUT2D eigenvalue weighted by molar-refractivity contribution is 5.99. The van der Waals surface area contributed by atoms with Crippen LogP contribution < -0.4 is 5.73 Å². The number of rotatable bonds is 4. The predicted octanol–water partition coefficient (Wildman–Crippen LogP) is 1.38. The van der Waals surface area contributed by atoms with Gasteiger partial charge in [0.2, 0.25) is 0 Å². The van der Waals surface area contributed by atoms with E-state index < -0.39 is 0 Å². The highest BCUT2D eigenvalue weighted by Crippen LogP contribution is 2.19. The van der Waals surface area contributed by atoms with Crippen molar-refractivity contribution in [1.29, 1.82) is 5.41 Å². The Hall–Kier alpha value is -2.24. The molecule has 0 aromatic carbocycles. The Bertz CT molecular complexity index is 614. The molecule has 0 saturated carbocycles. The second-order valence-corrected chi connectivity index (χ2v) is 4.41. The van der Waals surface area contributed by atoms with E-state index in [9.17, 15) is 0 Å². The first-order valence-corrected chi connectivity index (χ1v) is 6.32. The predicted molar refractivity (Wildman–Crippen MR) is 73.7 cm³/mol. The number of nitrogens with one attached hydrogen (secondary N) is 1. The highest BCUT2D eigenvalue weighted by atomic mass is 15.3.